The van der Waals surface area contributed by atoms with E-state index in [1.807, 2.05) is 7.05 Å². The second-order valence-corrected chi connectivity index (χ2v) is 4.25. The fourth-order valence-electron chi connectivity index (χ4n) is 1.73. The number of carbonyl (C=O) groups is 2. The zero-order valence-corrected chi connectivity index (χ0v) is 9.64. The van der Waals surface area contributed by atoms with Crippen molar-refractivity contribution in [1.29, 1.82) is 0 Å². The molecule has 92 valence electrons. The van der Waals surface area contributed by atoms with Crippen molar-refractivity contribution in [1.82, 2.24) is 15.1 Å². The lowest BCUT2D eigenvalue weighted by Gasteiger charge is -1.99. The maximum absolute atomic E-state index is 11.7. The first-order valence-corrected chi connectivity index (χ1v) is 5.62. The van der Waals surface area contributed by atoms with Gasteiger partial charge in [0.05, 0.1) is 6.42 Å². The van der Waals surface area contributed by atoms with Gasteiger partial charge in [-0.1, -0.05) is 0 Å². The van der Waals surface area contributed by atoms with E-state index in [9.17, 15) is 9.59 Å². The molecule has 1 aliphatic rings. The van der Waals surface area contributed by atoms with E-state index < -0.39 is 5.97 Å². The summed E-state index contributed by atoms with van der Waals surface area (Å²) in [5.41, 5.74) is 1.44. The van der Waals surface area contributed by atoms with Crippen LogP contribution in [0.1, 0.15) is 41.4 Å². The molecule has 1 aromatic rings. The predicted molar refractivity (Wildman–Crippen MR) is 59.8 cm³/mol. The number of hydrogen-bond donors (Lipinski definition) is 2. The predicted octanol–water partition coefficient (Wildman–Crippen LogP) is 0.502. The van der Waals surface area contributed by atoms with Crippen LogP contribution in [0.5, 0.6) is 0 Å². The van der Waals surface area contributed by atoms with Crippen LogP contribution in [0.25, 0.3) is 0 Å². The van der Waals surface area contributed by atoms with Gasteiger partial charge in [0.15, 0.2) is 0 Å². The molecule has 17 heavy (non-hydrogen) atoms. The molecule has 1 fully saturated rings. The van der Waals surface area contributed by atoms with E-state index in [0.29, 0.717) is 11.6 Å². The first kappa shape index (κ1) is 11.6. The van der Waals surface area contributed by atoms with Gasteiger partial charge in [-0.25, -0.2) is 0 Å². The van der Waals surface area contributed by atoms with Crippen molar-refractivity contribution in [2.24, 2.45) is 7.05 Å². The van der Waals surface area contributed by atoms with E-state index in [0.717, 1.165) is 18.5 Å². The molecule has 0 atom stereocenters. The summed E-state index contributed by atoms with van der Waals surface area (Å²) in [4.78, 5) is 22.0. The summed E-state index contributed by atoms with van der Waals surface area (Å²) in [6, 6.07) is 1.79. The molecule has 1 aliphatic carbocycles. The third-order valence-electron chi connectivity index (χ3n) is 2.77. The Bertz CT molecular complexity index is 449. The van der Waals surface area contributed by atoms with Crippen molar-refractivity contribution >= 4 is 11.9 Å². The molecule has 0 radical (unpaired) electrons. The van der Waals surface area contributed by atoms with Gasteiger partial charge in [-0.05, 0) is 18.9 Å². The normalized spacial score (nSPS) is 14.6. The highest BCUT2D eigenvalue weighted by Gasteiger charge is 2.28. The van der Waals surface area contributed by atoms with Crippen molar-refractivity contribution in [2.75, 3.05) is 6.54 Å². The molecule has 0 saturated heterocycles. The highest BCUT2D eigenvalue weighted by Crippen LogP contribution is 2.39. The maximum atomic E-state index is 11.7. The molecule has 6 nitrogen and oxygen atoms in total. The minimum absolute atomic E-state index is 0.0753. The van der Waals surface area contributed by atoms with Crippen LogP contribution in [0.2, 0.25) is 0 Å². The van der Waals surface area contributed by atoms with Gasteiger partial charge >= 0.3 is 5.97 Å². The molecule has 0 unspecified atom stereocenters. The van der Waals surface area contributed by atoms with Crippen LogP contribution < -0.4 is 5.32 Å². The zero-order chi connectivity index (χ0) is 12.4. The summed E-state index contributed by atoms with van der Waals surface area (Å²) >= 11 is 0. The summed E-state index contributed by atoms with van der Waals surface area (Å²) in [5, 5.41) is 15.1. The fourth-order valence-corrected chi connectivity index (χ4v) is 1.73. The number of amides is 1. The van der Waals surface area contributed by atoms with Crippen molar-refractivity contribution < 1.29 is 14.7 Å². The Labute approximate surface area is 98.6 Å². The average molecular weight is 237 g/mol. The minimum atomic E-state index is -0.926. The highest BCUT2D eigenvalue weighted by atomic mass is 16.4. The molecule has 0 aliphatic heterocycles. The Kier molecular flexibility index (Phi) is 3.12. The van der Waals surface area contributed by atoms with Crippen molar-refractivity contribution in [3.63, 3.8) is 0 Å². The standard InChI is InChI=1S/C11H15N3O3/c1-14-9(7-2-3-7)6-8(13-14)11(17)12-5-4-10(15)16/h6-7H,2-5H2,1H3,(H,12,17)(H,15,16). The van der Waals surface area contributed by atoms with Crippen LogP contribution in [-0.4, -0.2) is 33.3 Å². The summed E-state index contributed by atoms with van der Waals surface area (Å²) < 4.78 is 1.73. The Balaban J connectivity index is 1.94. The molecule has 0 spiro atoms. The smallest absolute Gasteiger partial charge is 0.305 e. The number of carboxylic acids is 1. The first-order valence-electron chi connectivity index (χ1n) is 5.62. The fraction of sp³-hybridized carbons (Fsp3) is 0.545. The quantitative estimate of drug-likeness (QED) is 0.781. The molecule has 2 N–H and O–H groups in total. The molecule has 1 heterocycles. The van der Waals surface area contributed by atoms with Gasteiger partial charge < -0.3 is 10.4 Å². The monoisotopic (exact) mass is 237 g/mol. The third kappa shape index (κ3) is 2.83. The largest absolute Gasteiger partial charge is 0.481 e. The number of nitrogens with one attached hydrogen (secondary N) is 1. The Morgan fingerprint density at radius 2 is 2.29 bits per heavy atom. The number of nitrogens with zero attached hydrogens (tertiary/aromatic N) is 2. The number of aliphatic carboxylic acids is 1. The van der Waals surface area contributed by atoms with Crippen LogP contribution in [0.15, 0.2) is 6.07 Å². The lowest BCUT2D eigenvalue weighted by molar-refractivity contribution is -0.136. The Morgan fingerprint density at radius 1 is 1.59 bits per heavy atom. The van der Waals surface area contributed by atoms with Gasteiger partial charge in [-0.2, -0.15) is 5.10 Å². The van der Waals surface area contributed by atoms with E-state index in [2.05, 4.69) is 10.4 Å². The number of hydrogen-bond acceptors (Lipinski definition) is 3. The number of carbonyl (C=O) groups excluding carboxylic acids is 1. The SMILES string of the molecule is Cn1nc(C(=O)NCCC(=O)O)cc1C1CC1. The van der Waals surface area contributed by atoms with E-state index in [-0.39, 0.29) is 18.9 Å². The topological polar surface area (TPSA) is 84.2 Å². The third-order valence-corrected chi connectivity index (χ3v) is 2.77. The van der Waals surface area contributed by atoms with Crippen LogP contribution in [0.4, 0.5) is 0 Å². The van der Waals surface area contributed by atoms with Crippen LogP contribution in [0, 0.1) is 0 Å². The molecule has 6 heteroatoms. The lowest BCUT2D eigenvalue weighted by atomic mass is 10.2. The van der Waals surface area contributed by atoms with E-state index in [4.69, 9.17) is 5.11 Å². The van der Waals surface area contributed by atoms with Crippen molar-refractivity contribution in [3.05, 3.63) is 17.5 Å². The van der Waals surface area contributed by atoms with Crippen molar-refractivity contribution in [3.8, 4) is 0 Å². The van der Waals surface area contributed by atoms with Crippen LogP contribution in [-0.2, 0) is 11.8 Å². The number of carboxylic acid groups (broad SMARTS) is 1. The van der Waals surface area contributed by atoms with Gasteiger partial charge in [-0.15, -0.1) is 0 Å². The molecule has 1 aromatic heterocycles. The number of aryl methyl sites for hydroxylation is 1. The van der Waals surface area contributed by atoms with Gasteiger partial charge in [0, 0.05) is 25.2 Å². The van der Waals surface area contributed by atoms with Crippen LogP contribution in [0.3, 0.4) is 0 Å². The number of rotatable bonds is 5. The molecule has 1 amide bonds. The molecule has 0 bridgehead atoms. The Hall–Kier alpha value is -1.85. The molecule has 0 aromatic carbocycles. The molecule has 2 rings (SSSR count). The first-order chi connectivity index (χ1) is 8.08. The Morgan fingerprint density at radius 3 is 2.88 bits per heavy atom. The number of aromatic nitrogens is 2. The maximum Gasteiger partial charge on any atom is 0.305 e. The highest BCUT2D eigenvalue weighted by molar-refractivity contribution is 5.92. The van der Waals surface area contributed by atoms with Gasteiger partial charge in [0.1, 0.15) is 5.69 Å². The van der Waals surface area contributed by atoms with Crippen LogP contribution >= 0.6 is 0 Å². The molecular formula is C11H15N3O3. The minimum Gasteiger partial charge on any atom is -0.481 e. The van der Waals surface area contributed by atoms with E-state index in [1.165, 1.54) is 0 Å². The average Bonchev–Trinajstić information content (AvgIpc) is 3.01. The molecule has 1 saturated carbocycles. The van der Waals surface area contributed by atoms with Crippen molar-refractivity contribution in [2.45, 2.75) is 25.2 Å². The summed E-state index contributed by atoms with van der Waals surface area (Å²) in [7, 11) is 1.82. The van der Waals surface area contributed by atoms with Gasteiger partial charge in [0.25, 0.3) is 5.91 Å². The summed E-state index contributed by atoms with van der Waals surface area (Å²) in [6.07, 6.45) is 2.23. The van der Waals surface area contributed by atoms with E-state index >= 15 is 0 Å². The van der Waals surface area contributed by atoms with E-state index in [1.54, 1.807) is 10.7 Å². The van der Waals surface area contributed by atoms with Gasteiger partial charge in [-0.3, -0.25) is 14.3 Å². The summed E-state index contributed by atoms with van der Waals surface area (Å²) in [5.74, 6) is -0.702. The zero-order valence-electron chi connectivity index (χ0n) is 9.64. The lowest BCUT2D eigenvalue weighted by Crippen LogP contribution is -2.26. The van der Waals surface area contributed by atoms with Gasteiger partial charge in [0.2, 0.25) is 0 Å². The summed E-state index contributed by atoms with van der Waals surface area (Å²) in [6.45, 7) is 0.128. The molecular weight excluding hydrogens is 222 g/mol. The second kappa shape index (κ2) is 4.57. The second-order valence-electron chi connectivity index (χ2n) is 4.25.